The lowest BCUT2D eigenvalue weighted by atomic mass is 9.82. The van der Waals surface area contributed by atoms with Crippen molar-refractivity contribution >= 4 is 0 Å². The lowest BCUT2D eigenvalue weighted by Crippen LogP contribution is -2.49. The second-order valence-corrected chi connectivity index (χ2v) is 6.16. The number of nitrogens with two attached hydrogens (primary N) is 1. The van der Waals surface area contributed by atoms with E-state index in [0.717, 1.165) is 12.8 Å². The number of hydrogen-bond donors (Lipinski definition) is 3. The molecule has 1 atom stereocenters. The molecule has 0 bridgehead atoms. The molecule has 0 aromatic rings. The maximum absolute atomic E-state index is 9.99. The van der Waals surface area contributed by atoms with Crippen molar-refractivity contribution in [2.75, 3.05) is 0 Å². The van der Waals surface area contributed by atoms with Crippen molar-refractivity contribution < 1.29 is 10.2 Å². The van der Waals surface area contributed by atoms with Crippen molar-refractivity contribution in [1.29, 1.82) is 0 Å². The molecular weight excluding hydrogens is 214 g/mol. The Morgan fingerprint density at radius 1 is 1.18 bits per heavy atom. The summed E-state index contributed by atoms with van der Waals surface area (Å²) in [5.41, 5.74) is 5.97. The Hall–Kier alpha value is -0.120. The lowest BCUT2D eigenvalue weighted by molar-refractivity contribution is -0.186. The van der Waals surface area contributed by atoms with Crippen LogP contribution in [-0.4, -0.2) is 22.0 Å². The van der Waals surface area contributed by atoms with Gasteiger partial charge in [-0.3, -0.25) is 0 Å². The summed E-state index contributed by atoms with van der Waals surface area (Å²) in [6.07, 6.45) is 8.22. The normalized spacial score (nSPS) is 20.8. The molecule has 0 amide bonds. The molecule has 17 heavy (non-hydrogen) atoms. The van der Waals surface area contributed by atoms with Crippen molar-refractivity contribution in [1.82, 2.24) is 0 Å². The summed E-state index contributed by atoms with van der Waals surface area (Å²) in [5.74, 6) is -0.603. The molecule has 0 unspecified atom stereocenters. The fourth-order valence-corrected chi connectivity index (χ4v) is 2.66. The fourth-order valence-electron chi connectivity index (χ4n) is 2.66. The van der Waals surface area contributed by atoms with Crippen molar-refractivity contribution in [2.45, 2.75) is 77.0 Å². The maximum atomic E-state index is 9.99. The maximum Gasteiger partial charge on any atom is 0.178 e. The third-order valence-corrected chi connectivity index (χ3v) is 4.00. The summed E-state index contributed by atoms with van der Waals surface area (Å²) < 4.78 is 0. The predicted octanol–water partition coefficient (Wildman–Crippen LogP) is 2.40. The molecule has 0 spiro atoms. The molecule has 0 aliphatic heterocycles. The number of hydrogen-bond acceptors (Lipinski definition) is 3. The molecule has 4 N–H and O–H groups in total. The Bertz CT molecular complexity index is 210. The van der Waals surface area contributed by atoms with Crippen LogP contribution in [0.15, 0.2) is 0 Å². The van der Waals surface area contributed by atoms with Gasteiger partial charge in [0, 0.05) is 6.42 Å². The van der Waals surface area contributed by atoms with E-state index in [9.17, 15) is 10.2 Å². The summed E-state index contributed by atoms with van der Waals surface area (Å²) in [6, 6.07) is -0.496. The summed E-state index contributed by atoms with van der Waals surface area (Å²) in [5, 5.41) is 20.0. The van der Waals surface area contributed by atoms with Crippen LogP contribution in [0.1, 0.15) is 65.2 Å². The third kappa shape index (κ3) is 5.36. The fraction of sp³-hybridized carbons (Fsp3) is 1.00. The van der Waals surface area contributed by atoms with E-state index in [1.54, 1.807) is 0 Å². The minimum atomic E-state index is -1.68. The third-order valence-electron chi connectivity index (χ3n) is 4.00. The van der Waals surface area contributed by atoms with E-state index in [2.05, 4.69) is 13.8 Å². The monoisotopic (exact) mass is 243 g/mol. The van der Waals surface area contributed by atoms with Gasteiger partial charge in [0.1, 0.15) is 0 Å². The largest absolute Gasteiger partial charge is 0.364 e. The molecule has 1 fully saturated rings. The molecule has 1 rings (SSSR count). The van der Waals surface area contributed by atoms with Crippen LogP contribution in [0.3, 0.4) is 0 Å². The molecule has 0 radical (unpaired) electrons. The highest BCUT2D eigenvalue weighted by Gasteiger charge is 2.33. The average molecular weight is 243 g/mol. The van der Waals surface area contributed by atoms with Gasteiger partial charge in [0.2, 0.25) is 0 Å². The summed E-state index contributed by atoms with van der Waals surface area (Å²) in [6.45, 7) is 4.17. The van der Waals surface area contributed by atoms with E-state index in [1.807, 2.05) is 0 Å². The zero-order valence-corrected chi connectivity index (χ0v) is 11.4. The van der Waals surface area contributed by atoms with Gasteiger partial charge in [-0.05, 0) is 24.7 Å². The Morgan fingerprint density at radius 2 is 1.76 bits per heavy atom. The average Bonchev–Trinajstić information content (AvgIpc) is 2.28. The van der Waals surface area contributed by atoms with E-state index in [0.29, 0.717) is 18.3 Å². The first-order chi connectivity index (χ1) is 7.92. The molecule has 102 valence electrons. The number of rotatable bonds is 6. The van der Waals surface area contributed by atoms with Crippen molar-refractivity contribution in [3.05, 3.63) is 0 Å². The van der Waals surface area contributed by atoms with Crippen LogP contribution in [0.25, 0.3) is 0 Å². The Morgan fingerprint density at radius 3 is 2.29 bits per heavy atom. The number of aliphatic hydroxyl groups is 2. The van der Waals surface area contributed by atoms with Crippen molar-refractivity contribution in [3.8, 4) is 0 Å². The highest BCUT2D eigenvalue weighted by atomic mass is 16.5. The molecule has 3 heteroatoms. The van der Waals surface area contributed by atoms with Crippen LogP contribution in [-0.2, 0) is 0 Å². The van der Waals surface area contributed by atoms with Crippen LogP contribution in [0.5, 0.6) is 0 Å². The summed E-state index contributed by atoms with van der Waals surface area (Å²) in [4.78, 5) is 0. The molecule has 1 saturated carbocycles. The van der Waals surface area contributed by atoms with Crippen LogP contribution < -0.4 is 5.73 Å². The van der Waals surface area contributed by atoms with Crippen LogP contribution >= 0.6 is 0 Å². The minimum Gasteiger partial charge on any atom is -0.364 e. The van der Waals surface area contributed by atoms with Gasteiger partial charge < -0.3 is 15.9 Å². The molecule has 0 aromatic carbocycles. The Labute approximate surface area is 105 Å². The van der Waals surface area contributed by atoms with Gasteiger partial charge in [0.25, 0.3) is 0 Å². The van der Waals surface area contributed by atoms with Gasteiger partial charge in [0.15, 0.2) is 5.79 Å². The van der Waals surface area contributed by atoms with E-state index in [4.69, 9.17) is 5.73 Å². The SMILES string of the molecule is CC(C)CCC(O)(O)[C@@H](N)CC1CCCCC1. The molecule has 0 saturated heterocycles. The van der Waals surface area contributed by atoms with E-state index < -0.39 is 11.8 Å². The quantitative estimate of drug-likeness (QED) is 0.628. The van der Waals surface area contributed by atoms with Gasteiger partial charge in [-0.25, -0.2) is 0 Å². The van der Waals surface area contributed by atoms with E-state index >= 15 is 0 Å². The van der Waals surface area contributed by atoms with Gasteiger partial charge in [-0.2, -0.15) is 0 Å². The van der Waals surface area contributed by atoms with Gasteiger partial charge in [-0.1, -0.05) is 46.0 Å². The standard InChI is InChI=1S/C14H29NO2/c1-11(2)8-9-14(16,17)13(15)10-12-6-4-3-5-7-12/h11-13,16-17H,3-10,15H2,1-2H3/t13-/m0/s1. The van der Waals surface area contributed by atoms with E-state index in [1.165, 1.54) is 32.1 Å². The highest BCUT2D eigenvalue weighted by Crippen LogP contribution is 2.30. The first-order valence-corrected chi connectivity index (χ1v) is 7.12. The predicted molar refractivity (Wildman–Crippen MR) is 70.4 cm³/mol. The van der Waals surface area contributed by atoms with Crippen LogP contribution in [0, 0.1) is 11.8 Å². The Kier molecular flexibility index (Phi) is 5.90. The first-order valence-electron chi connectivity index (χ1n) is 7.12. The Balaban J connectivity index is 2.35. The molecule has 1 aliphatic carbocycles. The summed E-state index contributed by atoms with van der Waals surface area (Å²) >= 11 is 0. The highest BCUT2D eigenvalue weighted by molar-refractivity contribution is 4.82. The van der Waals surface area contributed by atoms with Crippen molar-refractivity contribution in [3.63, 3.8) is 0 Å². The second-order valence-electron chi connectivity index (χ2n) is 6.16. The van der Waals surface area contributed by atoms with Crippen LogP contribution in [0.4, 0.5) is 0 Å². The topological polar surface area (TPSA) is 66.5 Å². The first kappa shape index (κ1) is 14.9. The minimum absolute atomic E-state index is 0.387. The summed E-state index contributed by atoms with van der Waals surface area (Å²) in [7, 11) is 0. The molecule has 0 aromatic heterocycles. The van der Waals surface area contributed by atoms with Crippen molar-refractivity contribution in [2.24, 2.45) is 17.6 Å². The zero-order chi connectivity index (χ0) is 12.9. The molecular formula is C14H29NO2. The van der Waals surface area contributed by atoms with Gasteiger partial charge in [0.05, 0.1) is 6.04 Å². The smallest absolute Gasteiger partial charge is 0.178 e. The molecule has 3 nitrogen and oxygen atoms in total. The lowest BCUT2D eigenvalue weighted by Gasteiger charge is -2.33. The molecule has 1 aliphatic rings. The molecule has 0 heterocycles. The van der Waals surface area contributed by atoms with Gasteiger partial charge >= 0.3 is 0 Å². The van der Waals surface area contributed by atoms with Gasteiger partial charge in [-0.15, -0.1) is 0 Å². The zero-order valence-electron chi connectivity index (χ0n) is 11.4. The van der Waals surface area contributed by atoms with E-state index in [-0.39, 0.29) is 0 Å². The van der Waals surface area contributed by atoms with Crippen LogP contribution in [0.2, 0.25) is 0 Å². The second kappa shape index (κ2) is 6.72.